The zero-order chi connectivity index (χ0) is 17.6. The monoisotopic (exact) mass is 345 g/mol. The lowest BCUT2D eigenvalue weighted by Gasteiger charge is -2.28. The summed E-state index contributed by atoms with van der Waals surface area (Å²) in [5.41, 5.74) is 0.512. The van der Waals surface area contributed by atoms with E-state index in [0.717, 1.165) is 25.8 Å². The molecule has 2 saturated heterocycles. The predicted octanol–water partition coefficient (Wildman–Crippen LogP) is 2.36. The molecule has 2 aliphatic heterocycles. The van der Waals surface area contributed by atoms with E-state index in [2.05, 4.69) is 0 Å². The van der Waals surface area contributed by atoms with Crippen molar-refractivity contribution in [3.63, 3.8) is 0 Å². The Morgan fingerprint density at radius 2 is 2.08 bits per heavy atom. The molecule has 1 aromatic carbocycles. The van der Waals surface area contributed by atoms with Crippen LogP contribution in [0.3, 0.4) is 0 Å². The molecule has 3 rings (SSSR count). The van der Waals surface area contributed by atoms with Crippen molar-refractivity contribution in [2.75, 3.05) is 20.3 Å². The van der Waals surface area contributed by atoms with Gasteiger partial charge < -0.3 is 9.47 Å². The molecule has 3 atom stereocenters. The Morgan fingerprint density at radius 3 is 2.84 bits per heavy atom. The van der Waals surface area contributed by atoms with Crippen molar-refractivity contribution < 1.29 is 23.9 Å². The Labute approximate surface area is 147 Å². The van der Waals surface area contributed by atoms with Crippen LogP contribution in [0, 0.1) is 5.92 Å². The highest BCUT2D eigenvalue weighted by Gasteiger charge is 2.47. The first kappa shape index (κ1) is 17.6. The molecule has 2 aliphatic rings. The standard InChI is InChI=1S/C19H23NO5/c1-23-19(22)17-15-10-5-6-12-20(15)25-16(17)11-7-13-24-18(21)14-8-3-2-4-9-14/h2-4,7-9,11,15-17H,5-6,10,12-13H2,1H3/b11-7+/t15-,16-,17+/m1/s1. The van der Waals surface area contributed by atoms with Crippen LogP contribution in [0.15, 0.2) is 42.5 Å². The molecule has 2 heterocycles. The number of methoxy groups -OCH3 is 1. The number of hydrogen-bond donors (Lipinski definition) is 0. The summed E-state index contributed by atoms with van der Waals surface area (Å²) in [7, 11) is 1.40. The third kappa shape index (κ3) is 4.08. The van der Waals surface area contributed by atoms with E-state index in [0.29, 0.717) is 5.56 Å². The van der Waals surface area contributed by atoms with Gasteiger partial charge in [-0.05, 0) is 31.1 Å². The Balaban J connectivity index is 1.57. The van der Waals surface area contributed by atoms with Crippen LogP contribution in [0.4, 0.5) is 0 Å². The second kappa shape index (κ2) is 8.27. The molecule has 0 unspecified atom stereocenters. The minimum absolute atomic E-state index is 0.0581. The third-order valence-corrected chi connectivity index (χ3v) is 4.64. The zero-order valence-corrected chi connectivity index (χ0v) is 14.3. The molecule has 25 heavy (non-hydrogen) atoms. The van der Waals surface area contributed by atoms with Crippen molar-refractivity contribution in [1.29, 1.82) is 0 Å². The van der Waals surface area contributed by atoms with E-state index in [1.807, 2.05) is 11.1 Å². The normalized spacial score (nSPS) is 26.4. The number of rotatable bonds is 5. The van der Waals surface area contributed by atoms with E-state index < -0.39 is 0 Å². The van der Waals surface area contributed by atoms with Crippen LogP contribution in [0.2, 0.25) is 0 Å². The number of ether oxygens (including phenoxy) is 2. The van der Waals surface area contributed by atoms with Crippen molar-refractivity contribution in [1.82, 2.24) is 5.06 Å². The number of hydrogen-bond acceptors (Lipinski definition) is 6. The van der Waals surface area contributed by atoms with Crippen LogP contribution >= 0.6 is 0 Å². The maximum Gasteiger partial charge on any atom is 0.338 e. The number of benzene rings is 1. The minimum Gasteiger partial charge on any atom is -0.469 e. The van der Waals surface area contributed by atoms with E-state index >= 15 is 0 Å². The number of esters is 2. The number of fused-ring (bicyclic) bond motifs is 1. The van der Waals surface area contributed by atoms with Gasteiger partial charge in [-0.1, -0.05) is 30.7 Å². The van der Waals surface area contributed by atoms with Gasteiger partial charge >= 0.3 is 11.9 Å². The maximum absolute atomic E-state index is 12.2. The average molecular weight is 345 g/mol. The van der Waals surface area contributed by atoms with Crippen LogP contribution in [0.1, 0.15) is 29.6 Å². The smallest absolute Gasteiger partial charge is 0.338 e. The molecule has 6 heteroatoms. The molecule has 0 aromatic heterocycles. The lowest BCUT2D eigenvalue weighted by atomic mass is 9.89. The number of hydroxylamine groups is 2. The van der Waals surface area contributed by atoms with Crippen molar-refractivity contribution in [2.24, 2.45) is 5.92 Å². The zero-order valence-electron chi connectivity index (χ0n) is 14.3. The van der Waals surface area contributed by atoms with Gasteiger partial charge in [0.2, 0.25) is 0 Å². The van der Waals surface area contributed by atoms with E-state index in [9.17, 15) is 9.59 Å². The van der Waals surface area contributed by atoms with Crippen LogP contribution < -0.4 is 0 Å². The maximum atomic E-state index is 12.2. The van der Waals surface area contributed by atoms with Gasteiger partial charge in [0, 0.05) is 6.54 Å². The van der Waals surface area contributed by atoms with Crippen molar-refractivity contribution in [3.8, 4) is 0 Å². The van der Waals surface area contributed by atoms with E-state index in [4.69, 9.17) is 14.3 Å². The van der Waals surface area contributed by atoms with Gasteiger partial charge in [0.05, 0.1) is 18.7 Å². The summed E-state index contributed by atoms with van der Waals surface area (Å²) in [5.74, 6) is -0.976. The second-order valence-electron chi connectivity index (χ2n) is 6.22. The SMILES string of the molecule is COC(=O)[C@H]1[C@H]2CCCCN2O[C@@H]1/C=C/COC(=O)c1ccccc1. The Morgan fingerprint density at radius 1 is 1.28 bits per heavy atom. The largest absolute Gasteiger partial charge is 0.469 e. The number of carbonyl (C=O) groups is 2. The summed E-state index contributed by atoms with van der Waals surface area (Å²) in [6, 6.07) is 8.89. The molecule has 0 bridgehead atoms. The summed E-state index contributed by atoms with van der Waals surface area (Å²) in [5, 5.41) is 1.90. The fourth-order valence-electron chi connectivity index (χ4n) is 3.41. The van der Waals surface area contributed by atoms with E-state index in [-0.39, 0.29) is 36.6 Å². The molecular formula is C19H23NO5. The van der Waals surface area contributed by atoms with Crippen LogP contribution in [-0.2, 0) is 19.1 Å². The predicted molar refractivity (Wildman–Crippen MR) is 90.6 cm³/mol. The molecule has 0 radical (unpaired) electrons. The molecule has 1 aromatic rings. The highest BCUT2D eigenvalue weighted by atomic mass is 16.7. The van der Waals surface area contributed by atoms with Crippen molar-refractivity contribution in [2.45, 2.75) is 31.4 Å². The van der Waals surface area contributed by atoms with Crippen LogP contribution in [-0.4, -0.2) is 49.4 Å². The summed E-state index contributed by atoms with van der Waals surface area (Å²) < 4.78 is 10.2. The highest BCUT2D eigenvalue weighted by molar-refractivity contribution is 5.89. The summed E-state index contributed by atoms with van der Waals surface area (Å²) in [4.78, 5) is 29.9. The molecular weight excluding hydrogens is 322 g/mol. The van der Waals surface area contributed by atoms with Gasteiger partial charge in [0.15, 0.2) is 0 Å². The number of piperidine rings is 1. The molecule has 0 spiro atoms. The minimum atomic E-state index is -0.383. The Hall–Kier alpha value is -2.18. The van der Waals surface area contributed by atoms with Gasteiger partial charge in [-0.2, -0.15) is 5.06 Å². The third-order valence-electron chi connectivity index (χ3n) is 4.64. The van der Waals surface area contributed by atoms with Crippen LogP contribution in [0.5, 0.6) is 0 Å². The first-order chi connectivity index (χ1) is 12.2. The first-order valence-corrected chi connectivity index (χ1v) is 8.61. The van der Waals surface area contributed by atoms with Gasteiger partial charge in [0.25, 0.3) is 0 Å². The molecule has 0 amide bonds. The number of nitrogens with zero attached hydrogens (tertiary/aromatic N) is 1. The van der Waals surface area contributed by atoms with Gasteiger partial charge in [-0.25, -0.2) is 4.79 Å². The first-order valence-electron chi connectivity index (χ1n) is 8.61. The summed E-state index contributed by atoms with van der Waals surface area (Å²) >= 11 is 0. The molecule has 134 valence electrons. The molecule has 0 aliphatic carbocycles. The van der Waals surface area contributed by atoms with Crippen molar-refractivity contribution in [3.05, 3.63) is 48.0 Å². The van der Waals surface area contributed by atoms with Gasteiger partial charge in [0.1, 0.15) is 18.6 Å². The highest BCUT2D eigenvalue weighted by Crippen LogP contribution is 2.35. The van der Waals surface area contributed by atoms with Gasteiger partial charge in [-0.3, -0.25) is 9.63 Å². The van der Waals surface area contributed by atoms with E-state index in [1.54, 1.807) is 36.4 Å². The molecule has 0 N–H and O–H groups in total. The summed E-state index contributed by atoms with van der Waals surface area (Å²) in [6.07, 6.45) is 6.20. The fourth-order valence-corrected chi connectivity index (χ4v) is 3.41. The van der Waals surface area contributed by atoms with Gasteiger partial charge in [-0.15, -0.1) is 0 Å². The Bertz CT molecular complexity index is 630. The Kier molecular flexibility index (Phi) is 5.83. The second-order valence-corrected chi connectivity index (χ2v) is 6.22. The van der Waals surface area contributed by atoms with E-state index in [1.165, 1.54) is 7.11 Å². The molecule has 6 nitrogen and oxygen atoms in total. The lowest BCUT2D eigenvalue weighted by molar-refractivity contribution is -0.160. The quantitative estimate of drug-likeness (QED) is 0.603. The van der Waals surface area contributed by atoms with Crippen LogP contribution in [0.25, 0.3) is 0 Å². The topological polar surface area (TPSA) is 65.1 Å². The summed E-state index contributed by atoms with van der Waals surface area (Å²) in [6.45, 7) is 0.956. The lowest BCUT2D eigenvalue weighted by Crippen LogP contribution is -2.39. The molecule has 0 saturated carbocycles. The fraction of sp³-hybridized carbons (Fsp3) is 0.474. The van der Waals surface area contributed by atoms with Crippen molar-refractivity contribution >= 4 is 11.9 Å². The molecule has 2 fully saturated rings. The average Bonchev–Trinajstić information content (AvgIpc) is 3.03. The number of carbonyl (C=O) groups excluding carboxylic acids is 2.